The molecule has 1 aliphatic carbocycles. The van der Waals surface area contributed by atoms with Gasteiger partial charge in [-0.25, -0.2) is 0 Å². The second kappa shape index (κ2) is 14.2. The Labute approximate surface area is 251 Å². The second-order valence-corrected chi connectivity index (χ2v) is 14.4. The van der Waals surface area contributed by atoms with Gasteiger partial charge in [-0.05, 0) is 49.5 Å². The Morgan fingerprint density at radius 3 is 2.62 bits per heavy atom. The molecule has 4 saturated heterocycles. The third-order valence-electron chi connectivity index (χ3n) is 9.85. The summed E-state index contributed by atoms with van der Waals surface area (Å²) in [5.74, 6) is 1.36. The molecule has 7 unspecified atom stereocenters. The zero-order valence-electron chi connectivity index (χ0n) is 26.1. The number of carbonyl (C=O) groups excluding carboxylic acids is 2. The first-order valence-corrected chi connectivity index (χ1v) is 16.2. The number of aliphatic hydroxyl groups is 1. The standard InChI is InChI=1S/C30H55N7O5/c1-19(38)37-14-22(15-37)33-27-10-26(34-29(35-27)30(2,3)4)28(40)32-11-23(39)16-36-8-7-20-9-24(6-5-21(20)13-36)41-17-25-12-31-18-42-25/h20-27,29,31,33-35,39H,5-18H2,1-4H3,(H,32,40)/t20?,21?,23-,24?,25?,26?,27?,29?/m0/s1. The van der Waals surface area contributed by atoms with Gasteiger partial charge >= 0.3 is 0 Å². The Bertz CT molecular complexity index is 907. The first-order chi connectivity index (χ1) is 20.0. The molecule has 5 fully saturated rings. The first kappa shape index (κ1) is 32.0. The van der Waals surface area contributed by atoms with Crippen molar-refractivity contribution < 1.29 is 24.2 Å². The minimum absolute atomic E-state index is 0.0369. The van der Waals surface area contributed by atoms with Gasteiger partial charge in [0.1, 0.15) is 0 Å². The van der Waals surface area contributed by atoms with Crippen LogP contribution in [0.5, 0.6) is 0 Å². The molecule has 5 rings (SSSR count). The summed E-state index contributed by atoms with van der Waals surface area (Å²) in [6, 6.07) is -0.139. The van der Waals surface area contributed by atoms with Crippen molar-refractivity contribution in [3.63, 3.8) is 0 Å². The van der Waals surface area contributed by atoms with Gasteiger partial charge < -0.3 is 29.7 Å². The normalized spacial score (nSPS) is 35.4. The molecule has 2 amide bonds. The molecule has 1 saturated carbocycles. The topological polar surface area (TPSA) is 139 Å². The van der Waals surface area contributed by atoms with Crippen LogP contribution in [0.2, 0.25) is 0 Å². The van der Waals surface area contributed by atoms with Crippen LogP contribution in [0.15, 0.2) is 0 Å². The maximum atomic E-state index is 13.2. The summed E-state index contributed by atoms with van der Waals surface area (Å²) in [5, 5.41) is 27.8. The van der Waals surface area contributed by atoms with Crippen molar-refractivity contribution in [1.29, 1.82) is 0 Å². The predicted octanol–water partition coefficient (Wildman–Crippen LogP) is -0.613. The number of β-amino-alcohol motifs (C(OH)–C–C–N with tert-alkyl or cyclic N) is 1. The number of piperidine rings is 1. The lowest BCUT2D eigenvalue weighted by Gasteiger charge is -2.47. The van der Waals surface area contributed by atoms with Crippen LogP contribution >= 0.6 is 0 Å². The number of hydrogen-bond acceptors (Lipinski definition) is 10. The molecule has 5 aliphatic rings. The molecule has 0 aromatic carbocycles. The van der Waals surface area contributed by atoms with Crippen LogP contribution in [0.1, 0.15) is 59.8 Å². The zero-order valence-corrected chi connectivity index (χ0v) is 26.1. The van der Waals surface area contributed by atoms with Crippen molar-refractivity contribution in [2.45, 2.75) is 103 Å². The summed E-state index contributed by atoms with van der Waals surface area (Å²) in [5.41, 5.74) is -0.0946. The fourth-order valence-corrected chi connectivity index (χ4v) is 7.22. The van der Waals surface area contributed by atoms with Gasteiger partial charge in [0, 0.05) is 58.7 Å². The van der Waals surface area contributed by atoms with E-state index in [0.29, 0.717) is 57.3 Å². The van der Waals surface area contributed by atoms with Crippen molar-refractivity contribution in [3.8, 4) is 0 Å². The first-order valence-electron chi connectivity index (χ1n) is 16.2. The van der Waals surface area contributed by atoms with Gasteiger partial charge in [-0.1, -0.05) is 20.8 Å². The second-order valence-electron chi connectivity index (χ2n) is 14.4. The number of nitrogens with zero attached hydrogens (tertiary/aromatic N) is 2. The Morgan fingerprint density at radius 2 is 1.90 bits per heavy atom. The third-order valence-corrected chi connectivity index (χ3v) is 9.85. The molecule has 8 atom stereocenters. The quantitative estimate of drug-likeness (QED) is 0.194. The van der Waals surface area contributed by atoms with Gasteiger partial charge in [0.15, 0.2) is 0 Å². The fourth-order valence-electron chi connectivity index (χ4n) is 7.22. The smallest absolute Gasteiger partial charge is 0.237 e. The Morgan fingerprint density at radius 1 is 1.10 bits per heavy atom. The number of ether oxygens (including phenoxy) is 2. The molecule has 12 nitrogen and oxygen atoms in total. The number of fused-ring (bicyclic) bond motifs is 1. The molecular formula is C30H55N7O5. The fraction of sp³-hybridized carbons (Fsp3) is 0.933. The van der Waals surface area contributed by atoms with E-state index in [1.165, 1.54) is 6.42 Å². The Balaban J connectivity index is 1.02. The number of aliphatic hydroxyl groups excluding tert-OH is 1. The van der Waals surface area contributed by atoms with Crippen LogP contribution in [0.3, 0.4) is 0 Å². The van der Waals surface area contributed by atoms with Crippen LogP contribution in [0.25, 0.3) is 0 Å². The average Bonchev–Trinajstić information content (AvgIpc) is 3.45. The predicted molar refractivity (Wildman–Crippen MR) is 159 cm³/mol. The highest BCUT2D eigenvalue weighted by Crippen LogP contribution is 2.37. The number of likely N-dealkylation sites (tertiary alicyclic amines) is 2. The summed E-state index contributed by atoms with van der Waals surface area (Å²) in [6.07, 6.45) is 4.94. The maximum Gasteiger partial charge on any atom is 0.237 e. The minimum atomic E-state index is -0.605. The molecule has 42 heavy (non-hydrogen) atoms. The minimum Gasteiger partial charge on any atom is -0.390 e. The molecular weight excluding hydrogens is 538 g/mol. The SMILES string of the molecule is CC(=O)N1CC(NC2CC(C(=O)NC[C@H](O)CN3CCC4CC(OCC5CNCO5)CCC4C3)NC(C(C)(C)C)N2)C1. The largest absolute Gasteiger partial charge is 0.390 e. The lowest BCUT2D eigenvalue weighted by atomic mass is 9.74. The van der Waals surface area contributed by atoms with E-state index in [2.05, 4.69) is 52.3 Å². The molecule has 240 valence electrons. The Kier molecular flexibility index (Phi) is 10.8. The summed E-state index contributed by atoms with van der Waals surface area (Å²) in [7, 11) is 0. The highest BCUT2D eigenvalue weighted by atomic mass is 16.5. The molecule has 0 aromatic heterocycles. The maximum absolute atomic E-state index is 13.2. The van der Waals surface area contributed by atoms with Gasteiger partial charge in [-0.3, -0.25) is 30.9 Å². The van der Waals surface area contributed by atoms with E-state index < -0.39 is 6.10 Å². The summed E-state index contributed by atoms with van der Waals surface area (Å²) < 4.78 is 11.8. The van der Waals surface area contributed by atoms with Gasteiger partial charge in [0.25, 0.3) is 0 Å². The highest BCUT2D eigenvalue weighted by molar-refractivity contribution is 5.82. The third kappa shape index (κ3) is 8.62. The molecule has 4 heterocycles. The van der Waals surface area contributed by atoms with Crippen LogP contribution in [-0.4, -0.2) is 129 Å². The van der Waals surface area contributed by atoms with Crippen molar-refractivity contribution >= 4 is 11.8 Å². The van der Waals surface area contributed by atoms with E-state index in [4.69, 9.17) is 9.47 Å². The monoisotopic (exact) mass is 593 g/mol. The van der Waals surface area contributed by atoms with E-state index in [0.717, 1.165) is 38.9 Å². The summed E-state index contributed by atoms with van der Waals surface area (Å²) >= 11 is 0. The lowest BCUT2D eigenvalue weighted by Crippen LogP contribution is -2.72. The van der Waals surface area contributed by atoms with Gasteiger partial charge in [-0.15, -0.1) is 0 Å². The number of carbonyl (C=O) groups is 2. The zero-order chi connectivity index (χ0) is 29.9. The molecule has 6 N–H and O–H groups in total. The lowest BCUT2D eigenvalue weighted by molar-refractivity contribution is -0.133. The van der Waals surface area contributed by atoms with Crippen molar-refractivity contribution in [1.82, 2.24) is 36.4 Å². The van der Waals surface area contributed by atoms with Gasteiger partial charge in [0.2, 0.25) is 11.8 Å². The molecule has 0 bridgehead atoms. The summed E-state index contributed by atoms with van der Waals surface area (Å²) in [6.45, 7) is 14.4. The van der Waals surface area contributed by atoms with Gasteiger partial charge in [-0.2, -0.15) is 0 Å². The number of amides is 2. The van der Waals surface area contributed by atoms with Crippen LogP contribution in [-0.2, 0) is 19.1 Å². The van der Waals surface area contributed by atoms with Crippen LogP contribution in [0.4, 0.5) is 0 Å². The van der Waals surface area contributed by atoms with E-state index >= 15 is 0 Å². The van der Waals surface area contributed by atoms with E-state index in [9.17, 15) is 14.7 Å². The van der Waals surface area contributed by atoms with Crippen LogP contribution < -0.4 is 26.6 Å². The molecule has 0 spiro atoms. The Hall–Kier alpha value is -1.38. The van der Waals surface area contributed by atoms with E-state index in [1.54, 1.807) is 6.92 Å². The number of hydrogen-bond donors (Lipinski definition) is 6. The van der Waals surface area contributed by atoms with Crippen molar-refractivity contribution in [2.75, 3.05) is 59.2 Å². The highest BCUT2D eigenvalue weighted by Gasteiger charge is 2.40. The van der Waals surface area contributed by atoms with Crippen molar-refractivity contribution in [2.24, 2.45) is 17.3 Å². The molecule has 4 aliphatic heterocycles. The van der Waals surface area contributed by atoms with Gasteiger partial charge in [0.05, 0.1) is 50.0 Å². The average molecular weight is 594 g/mol. The van der Waals surface area contributed by atoms with E-state index in [-0.39, 0.29) is 54.3 Å². The van der Waals surface area contributed by atoms with E-state index in [1.807, 2.05) is 4.90 Å². The molecule has 12 heteroatoms. The van der Waals surface area contributed by atoms with Crippen LogP contribution in [0, 0.1) is 17.3 Å². The van der Waals surface area contributed by atoms with Crippen molar-refractivity contribution in [3.05, 3.63) is 0 Å². The number of rotatable bonds is 10. The summed E-state index contributed by atoms with van der Waals surface area (Å²) in [4.78, 5) is 29.0. The molecule has 0 aromatic rings. The number of nitrogens with one attached hydrogen (secondary N) is 5. The molecule has 0 radical (unpaired) electrons.